The Hall–Kier alpha value is -1.46. The lowest BCUT2D eigenvalue weighted by molar-refractivity contribution is 0.0252. The molecule has 0 saturated carbocycles. The fraction of sp³-hybridized carbons (Fsp3) is 0.500. The predicted molar refractivity (Wildman–Crippen MR) is 70.5 cm³/mol. The summed E-state index contributed by atoms with van der Waals surface area (Å²) in [5.41, 5.74) is 0.192. The number of hydrogen-bond donors (Lipinski definition) is 2. The van der Waals surface area contributed by atoms with Gasteiger partial charge in [-0.1, -0.05) is 6.07 Å². The molecule has 0 aromatic heterocycles. The number of hydrogen-bond acceptors (Lipinski definition) is 3. The van der Waals surface area contributed by atoms with E-state index in [9.17, 15) is 14.3 Å². The number of likely N-dealkylation sites (N-methyl/N-ethyl adjacent to an activating group) is 1. The highest BCUT2D eigenvalue weighted by Crippen LogP contribution is 2.18. The van der Waals surface area contributed by atoms with Crippen LogP contribution in [-0.2, 0) is 0 Å². The lowest BCUT2D eigenvalue weighted by Gasteiger charge is -2.28. The maximum absolute atomic E-state index is 13.2. The van der Waals surface area contributed by atoms with Gasteiger partial charge in [0.15, 0.2) is 0 Å². The third kappa shape index (κ3) is 3.11. The molecule has 1 amide bonds. The summed E-state index contributed by atoms with van der Waals surface area (Å²) in [5, 5.41) is 13.3. The third-order valence-corrected chi connectivity index (χ3v) is 3.53. The molecule has 2 rings (SSSR count). The number of aryl methyl sites for hydroxylation is 1. The minimum atomic E-state index is -0.883. The van der Waals surface area contributed by atoms with Crippen LogP contribution in [0.3, 0.4) is 0 Å². The zero-order chi connectivity index (χ0) is 14.0. The van der Waals surface area contributed by atoms with Crippen LogP contribution in [0.2, 0.25) is 0 Å². The molecule has 1 saturated heterocycles. The molecule has 1 aromatic carbocycles. The first kappa shape index (κ1) is 14.0. The number of amides is 1. The second kappa shape index (κ2) is 5.27. The average Bonchev–Trinajstić information content (AvgIpc) is 2.78. The van der Waals surface area contributed by atoms with Gasteiger partial charge in [0.2, 0.25) is 0 Å². The van der Waals surface area contributed by atoms with Gasteiger partial charge >= 0.3 is 0 Å². The van der Waals surface area contributed by atoms with Gasteiger partial charge in [-0.15, -0.1) is 0 Å². The van der Waals surface area contributed by atoms with Crippen LogP contribution in [0.25, 0.3) is 0 Å². The van der Waals surface area contributed by atoms with Crippen LogP contribution < -0.4 is 5.32 Å². The maximum Gasteiger partial charge on any atom is 0.254 e. The number of nitrogens with zero attached hydrogens (tertiary/aromatic N) is 1. The van der Waals surface area contributed by atoms with Gasteiger partial charge in [0, 0.05) is 19.2 Å². The Morgan fingerprint density at radius 1 is 1.58 bits per heavy atom. The van der Waals surface area contributed by atoms with E-state index < -0.39 is 11.4 Å². The number of β-amino-alcohol motifs (C(OH)–C–C–N with tert-alkyl or cyclic N) is 1. The Balaban J connectivity index is 2.12. The normalized spacial score (nSPS) is 22.5. The number of benzene rings is 1. The van der Waals surface area contributed by atoms with E-state index in [1.165, 1.54) is 17.0 Å². The van der Waals surface area contributed by atoms with E-state index in [1.807, 2.05) is 0 Å². The number of carbonyl (C=O) groups excluding carboxylic acids is 1. The summed E-state index contributed by atoms with van der Waals surface area (Å²) in [6, 6.07) is 4.16. The van der Waals surface area contributed by atoms with Gasteiger partial charge in [-0.25, -0.2) is 4.39 Å². The zero-order valence-corrected chi connectivity index (χ0v) is 11.2. The van der Waals surface area contributed by atoms with Crippen LogP contribution in [0.5, 0.6) is 0 Å². The highest BCUT2D eigenvalue weighted by Gasteiger charge is 2.33. The first-order valence-corrected chi connectivity index (χ1v) is 6.36. The van der Waals surface area contributed by atoms with E-state index >= 15 is 0 Å². The largest absolute Gasteiger partial charge is 0.387 e. The first-order chi connectivity index (χ1) is 8.91. The maximum atomic E-state index is 13.2. The van der Waals surface area contributed by atoms with Crippen molar-refractivity contribution >= 4 is 5.91 Å². The van der Waals surface area contributed by atoms with Gasteiger partial charge < -0.3 is 15.3 Å². The summed E-state index contributed by atoms with van der Waals surface area (Å²) in [7, 11) is 1.63. The molecule has 1 aromatic rings. The van der Waals surface area contributed by atoms with E-state index in [-0.39, 0.29) is 12.5 Å². The number of rotatable bonds is 3. The number of nitrogens with one attached hydrogen (secondary N) is 1. The molecular formula is C14H19FN2O2. The minimum Gasteiger partial charge on any atom is -0.387 e. The molecule has 1 atom stereocenters. The molecule has 0 spiro atoms. The molecule has 1 fully saturated rings. The van der Waals surface area contributed by atoms with Crippen LogP contribution in [0, 0.1) is 12.7 Å². The standard InChI is InChI=1S/C14H19FN2O2/c1-10-3-4-11(15)7-12(10)13(18)17(2)9-14(19)5-6-16-8-14/h3-4,7,16,19H,5-6,8-9H2,1-2H3. The van der Waals surface area contributed by atoms with Crippen LogP contribution in [-0.4, -0.2) is 48.2 Å². The second-order valence-corrected chi connectivity index (χ2v) is 5.27. The molecule has 0 radical (unpaired) electrons. The molecule has 5 heteroatoms. The number of carbonyl (C=O) groups is 1. The molecular weight excluding hydrogens is 247 g/mol. The molecule has 0 bridgehead atoms. The van der Waals surface area contributed by atoms with E-state index in [4.69, 9.17) is 0 Å². The van der Waals surface area contributed by atoms with Crippen LogP contribution >= 0.6 is 0 Å². The molecule has 104 valence electrons. The first-order valence-electron chi connectivity index (χ1n) is 6.36. The van der Waals surface area contributed by atoms with Gasteiger partial charge in [-0.05, 0) is 37.6 Å². The second-order valence-electron chi connectivity index (χ2n) is 5.27. The summed E-state index contributed by atoms with van der Waals surface area (Å²) >= 11 is 0. The Morgan fingerprint density at radius 3 is 2.95 bits per heavy atom. The molecule has 1 aliphatic rings. The smallest absolute Gasteiger partial charge is 0.254 e. The highest BCUT2D eigenvalue weighted by atomic mass is 19.1. The van der Waals surface area contributed by atoms with Crippen molar-refractivity contribution < 1.29 is 14.3 Å². The predicted octanol–water partition coefficient (Wildman–Crippen LogP) is 0.931. The summed E-state index contributed by atoms with van der Waals surface area (Å²) in [6.45, 7) is 3.24. The van der Waals surface area contributed by atoms with E-state index in [1.54, 1.807) is 20.0 Å². The zero-order valence-electron chi connectivity index (χ0n) is 11.2. The van der Waals surface area contributed by atoms with Gasteiger partial charge in [0.1, 0.15) is 5.82 Å². The molecule has 1 unspecified atom stereocenters. The summed E-state index contributed by atoms with van der Waals surface area (Å²) in [6.07, 6.45) is 0.618. The highest BCUT2D eigenvalue weighted by molar-refractivity contribution is 5.95. The van der Waals surface area contributed by atoms with E-state index in [2.05, 4.69) is 5.32 Å². The summed E-state index contributed by atoms with van der Waals surface area (Å²) in [4.78, 5) is 13.7. The fourth-order valence-electron chi connectivity index (χ4n) is 2.41. The average molecular weight is 266 g/mol. The monoisotopic (exact) mass is 266 g/mol. The van der Waals surface area contributed by atoms with Crippen LogP contribution in [0.4, 0.5) is 4.39 Å². The van der Waals surface area contributed by atoms with Crippen molar-refractivity contribution in [1.29, 1.82) is 0 Å². The molecule has 1 heterocycles. The number of aliphatic hydroxyl groups is 1. The minimum absolute atomic E-state index is 0.245. The van der Waals surface area contributed by atoms with Crippen LogP contribution in [0.1, 0.15) is 22.3 Å². The van der Waals surface area contributed by atoms with Crippen molar-refractivity contribution in [1.82, 2.24) is 10.2 Å². The van der Waals surface area contributed by atoms with Crippen LogP contribution in [0.15, 0.2) is 18.2 Å². The molecule has 2 N–H and O–H groups in total. The van der Waals surface area contributed by atoms with Crippen molar-refractivity contribution in [3.8, 4) is 0 Å². The summed E-state index contributed by atoms with van der Waals surface area (Å²) in [5.74, 6) is -0.694. The molecule has 19 heavy (non-hydrogen) atoms. The summed E-state index contributed by atoms with van der Waals surface area (Å²) < 4.78 is 13.2. The molecule has 1 aliphatic heterocycles. The topological polar surface area (TPSA) is 52.6 Å². The van der Waals surface area contributed by atoms with Crippen molar-refractivity contribution in [2.45, 2.75) is 18.9 Å². The fourth-order valence-corrected chi connectivity index (χ4v) is 2.41. The lowest BCUT2D eigenvalue weighted by atomic mass is 10.0. The quantitative estimate of drug-likeness (QED) is 0.856. The van der Waals surface area contributed by atoms with Gasteiger partial charge in [-0.2, -0.15) is 0 Å². The third-order valence-electron chi connectivity index (χ3n) is 3.53. The van der Waals surface area contributed by atoms with Gasteiger partial charge in [0.05, 0.1) is 12.1 Å². The van der Waals surface area contributed by atoms with Crippen molar-refractivity contribution in [3.63, 3.8) is 0 Å². The van der Waals surface area contributed by atoms with E-state index in [0.29, 0.717) is 18.5 Å². The van der Waals surface area contributed by atoms with Crippen molar-refractivity contribution in [3.05, 3.63) is 35.1 Å². The molecule has 0 aliphatic carbocycles. The Labute approximate surface area is 112 Å². The van der Waals surface area contributed by atoms with Crippen molar-refractivity contribution in [2.75, 3.05) is 26.7 Å². The van der Waals surface area contributed by atoms with Crippen molar-refractivity contribution in [2.24, 2.45) is 0 Å². The van der Waals surface area contributed by atoms with Gasteiger partial charge in [-0.3, -0.25) is 4.79 Å². The lowest BCUT2D eigenvalue weighted by Crippen LogP contribution is -2.45. The number of halogens is 1. The Kier molecular flexibility index (Phi) is 3.87. The molecule has 4 nitrogen and oxygen atoms in total. The Morgan fingerprint density at radius 2 is 2.32 bits per heavy atom. The Bertz CT molecular complexity index is 484. The van der Waals surface area contributed by atoms with Gasteiger partial charge in [0.25, 0.3) is 5.91 Å². The SMILES string of the molecule is Cc1ccc(F)cc1C(=O)N(C)CC1(O)CCNC1. The van der Waals surface area contributed by atoms with E-state index in [0.717, 1.165) is 12.1 Å².